The maximum absolute atomic E-state index is 12.3. The summed E-state index contributed by atoms with van der Waals surface area (Å²) in [6.07, 6.45) is 2.66. The van der Waals surface area contributed by atoms with E-state index in [0.29, 0.717) is 4.68 Å². The van der Waals surface area contributed by atoms with Gasteiger partial charge in [-0.1, -0.05) is 0 Å². The lowest BCUT2D eigenvalue weighted by molar-refractivity contribution is 0.0560. The largest absolute Gasteiger partial charge is 0.345 e. The zero-order valence-electron chi connectivity index (χ0n) is 9.55. The van der Waals surface area contributed by atoms with E-state index in [1.807, 2.05) is 0 Å². The Kier molecular flexibility index (Phi) is 3.35. The number of carbonyl (C=O) groups excluding carboxylic acids is 1. The first kappa shape index (κ1) is 12.2. The molecule has 0 atom stereocenters. The van der Waals surface area contributed by atoms with Crippen LogP contribution in [-0.2, 0) is 13.6 Å². The minimum absolute atomic E-state index is 0.0440. The summed E-state index contributed by atoms with van der Waals surface area (Å²) in [6, 6.07) is 2.99. The fourth-order valence-electron chi connectivity index (χ4n) is 1.40. The van der Waals surface area contributed by atoms with E-state index in [1.54, 1.807) is 24.0 Å². The third kappa shape index (κ3) is 2.53. The zero-order valence-corrected chi connectivity index (χ0v) is 9.55. The Balaban J connectivity index is 1.97. The van der Waals surface area contributed by atoms with Crippen molar-refractivity contribution in [3.63, 3.8) is 0 Å². The van der Waals surface area contributed by atoms with Crippen molar-refractivity contribution in [2.75, 3.05) is 0 Å². The minimum Gasteiger partial charge on any atom is -0.345 e. The second-order valence-corrected chi connectivity index (χ2v) is 3.59. The summed E-state index contributed by atoms with van der Waals surface area (Å²) < 4.78 is 26.6. The van der Waals surface area contributed by atoms with Crippen molar-refractivity contribution in [1.82, 2.24) is 24.9 Å². The molecular formula is C10H11F2N5O. The quantitative estimate of drug-likeness (QED) is 0.884. The fraction of sp³-hybridized carbons (Fsp3) is 0.300. The van der Waals surface area contributed by atoms with E-state index in [4.69, 9.17) is 0 Å². The summed E-state index contributed by atoms with van der Waals surface area (Å²) in [5, 5.41) is 9.98. The van der Waals surface area contributed by atoms with Crippen molar-refractivity contribution >= 4 is 5.91 Å². The van der Waals surface area contributed by atoms with Crippen LogP contribution in [0.2, 0.25) is 0 Å². The molecule has 0 spiro atoms. The topological polar surface area (TPSA) is 64.7 Å². The van der Waals surface area contributed by atoms with Crippen molar-refractivity contribution in [3.05, 3.63) is 35.9 Å². The normalized spacial score (nSPS) is 10.9. The third-order valence-corrected chi connectivity index (χ3v) is 2.39. The molecule has 0 bridgehead atoms. The summed E-state index contributed by atoms with van der Waals surface area (Å²) in [5.41, 5.74) is 0.758. The van der Waals surface area contributed by atoms with E-state index >= 15 is 0 Å². The highest BCUT2D eigenvalue weighted by molar-refractivity contribution is 5.92. The maximum atomic E-state index is 12.3. The molecule has 2 heterocycles. The van der Waals surface area contributed by atoms with Crippen LogP contribution in [-0.4, -0.2) is 25.5 Å². The fourth-order valence-corrected chi connectivity index (χ4v) is 1.40. The first-order valence-electron chi connectivity index (χ1n) is 5.16. The van der Waals surface area contributed by atoms with Crippen LogP contribution in [0.1, 0.15) is 22.7 Å². The van der Waals surface area contributed by atoms with Gasteiger partial charge in [-0.25, -0.2) is 4.68 Å². The number of aryl methyl sites for hydroxylation is 1. The lowest BCUT2D eigenvalue weighted by Gasteiger charge is -2.03. The highest BCUT2D eigenvalue weighted by Gasteiger charge is 2.13. The Hall–Kier alpha value is -2.25. The number of nitrogens with one attached hydrogen (secondary N) is 1. The van der Waals surface area contributed by atoms with Gasteiger partial charge in [0.15, 0.2) is 0 Å². The zero-order chi connectivity index (χ0) is 13.1. The van der Waals surface area contributed by atoms with Gasteiger partial charge in [-0.05, 0) is 12.1 Å². The highest BCUT2D eigenvalue weighted by atomic mass is 19.3. The molecule has 6 nitrogen and oxygen atoms in total. The molecule has 8 heteroatoms. The Morgan fingerprint density at radius 1 is 1.50 bits per heavy atom. The molecule has 0 aliphatic heterocycles. The van der Waals surface area contributed by atoms with Gasteiger partial charge in [-0.2, -0.15) is 19.0 Å². The molecule has 0 saturated carbocycles. The van der Waals surface area contributed by atoms with Gasteiger partial charge in [0.1, 0.15) is 5.69 Å². The third-order valence-electron chi connectivity index (χ3n) is 2.39. The van der Waals surface area contributed by atoms with Crippen molar-refractivity contribution in [2.24, 2.45) is 7.05 Å². The summed E-state index contributed by atoms with van der Waals surface area (Å²) >= 11 is 0. The van der Waals surface area contributed by atoms with Crippen LogP contribution in [0, 0.1) is 0 Å². The predicted octanol–water partition coefficient (Wildman–Crippen LogP) is 0.942. The Labute approximate surface area is 101 Å². The number of rotatable bonds is 4. The van der Waals surface area contributed by atoms with Gasteiger partial charge in [0, 0.05) is 19.4 Å². The lowest BCUT2D eigenvalue weighted by Crippen LogP contribution is -2.24. The molecule has 2 aromatic rings. The molecule has 96 valence electrons. The molecule has 1 amide bonds. The van der Waals surface area contributed by atoms with Gasteiger partial charge in [-0.3, -0.25) is 9.48 Å². The summed E-state index contributed by atoms with van der Waals surface area (Å²) in [6.45, 7) is -2.49. The molecule has 0 aromatic carbocycles. The smallest absolute Gasteiger partial charge is 0.333 e. The number of nitrogens with zero attached hydrogens (tertiary/aromatic N) is 4. The standard InChI is InChI=1S/C10H11F2N5O/c1-16-7(2-4-14-16)6-13-9(18)8-3-5-17(15-8)10(11)12/h2-5,10H,6H2,1H3,(H,13,18). The molecule has 0 saturated heterocycles. The second kappa shape index (κ2) is 4.94. The van der Waals surface area contributed by atoms with E-state index in [-0.39, 0.29) is 12.2 Å². The van der Waals surface area contributed by atoms with Crippen LogP contribution >= 0.6 is 0 Å². The summed E-state index contributed by atoms with van der Waals surface area (Å²) in [5.74, 6) is -0.504. The van der Waals surface area contributed by atoms with E-state index in [1.165, 1.54) is 6.07 Å². The number of amides is 1. The number of carbonyl (C=O) groups is 1. The van der Waals surface area contributed by atoms with Gasteiger partial charge in [0.2, 0.25) is 0 Å². The minimum atomic E-state index is -2.75. The SMILES string of the molecule is Cn1nccc1CNC(=O)c1ccn(C(F)F)n1. The molecule has 2 aromatic heterocycles. The Morgan fingerprint density at radius 3 is 2.83 bits per heavy atom. The van der Waals surface area contributed by atoms with E-state index < -0.39 is 12.5 Å². The van der Waals surface area contributed by atoms with E-state index in [2.05, 4.69) is 15.5 Å². The van der Waals surface area contributed by atoms with Gasteiger partial charge < -0.3 is 5.32 Å². The van der Waals surface area contributed by atoms with Crippen LogP contribution in [0.25, 0.3) is 0 Å². The average molecular weight is 255 g/mol. The molecule has 0 unspecified atom stereocenters. The summed E-state index contributed by atoms with van der Waals surface area (Å²) in [4.78, 5) is 11.6. The first-order valence-corrected chi connectivity index (χ1v) is 5.16. The lowest BCUT2D eigenvalue weighted by atomic mass is 10.3. The average Bonchev–Trinajstić information content (AvgIpc) is 2.94. The molecule has 0 aliphatic rings. The molecule has 1 N–H and O–H groups in total. The van der Waals surface area contributed by atoms with Crippen LogP contribution in [0.5, 0.6) is 0 Å². The molecular weight excluding hydrogens is 244 g/mol. The summed E-state index contributed by atoms with van der Waals surface area (Å²) in [7, 11) is 1.74. The monoisotopic (exact) mass is 255 g/mol. The predicted molar refractivity (Wildman–Crippen MR) is 57.9 cm³/mol. The van der Waals surface area contributed by atoms with E-state index in [0.717, 1.165) is 11.9 Å². The van der Waals surface area contributed by atoms with Crippen LogP contribution in [0.4, 0.5) is 8.78 Å². The van der Waals surface area contributed by atoms with Gasteiger partial charge in [-0.15, -0.1) is 0 Å². The number of aromatic nitrogens is 4. The van der Waals surface area contributed by atoms with Gasteiger partial charge in [0.25, 0.3) is 5.91 Å². The van der Waals surface area contributed by atoms with Crippen LogP contribution in [0.15, 0.2) is 24.5 Å². The highest BCUT2D eigenvalue weighted by Crippen LogP contribution is 2.08. The molecule has 0 aliphatic carbocycles. The number of alkyl halides is 2. The van der Waals surface area contributed by atoms with Crippen molar-refractivity contribution in [1.29, 1.82) is 0 Å². The van der Waals surface area contributed by atoms with E-state index in [9.17, 15) is 13.6 Å². The Morgan fingerprint density at radius 2 is 2.28 bits per heavy atom. The maximum Gasteiger partial charge on any atom is 0.333 e. The molecule has 18 heavy (non-hydrogen) atoms. The second-order valence-electron chi connectivity index (χ2n) is 3.59. The Bertz CT molecular complexity index is 548. The van der Waals surface area contributed by atoms with Crippen molar-refractivity contribution in [2.45, 2.75) is 13.1 Å². The van der Waals surface area contributed by atoms with Crippen LogP contribution in [0.3, 0.4) is 0 Å². The van der Waals surface area contributed by atoms with Gasteiger partial charge in [0.05, 0.1) is 12.2 Å². The molecule has 2 rings (SSSR count). The van der Waals surface area contributed by atoms with Gasteiger partial charge >= 0.3 is 6.55 Å². The van der Waals surface area contributed by atoms with Crippen molar-refractivity contribution < 1.29 is 13.6 Å². The first-order chi connectivity index (χ1) is 8.58. The molecule has 0 fully saturated rings. The van der Waals surface area contributed by atoms with Crippen LogP contribution < -0.4 is 5.32 Å². The number of hydrogen-bond donors (Lipinski definition) is 1. The van der Waals surface area contributed by atoms with Crippen molar-refractivity contribution in [3.8, 4) is 0 Å². The molecule has 0 radical (unpaired) electrons. The number of halogens is 2. The number of hydrogen-bond acceptors (Lipinski definition) is 3.